The van der Waals surface area contributed by atoms with Gasteiger partial charge in [0.25, 0.3) is 0 Å². The molecule has 0 saturated heterocycles. The third kappa shape index (κ3) is 3.70. The number of fused-ring (bicyclic) bond motifs is 2. The zero-order chi connectivity index (χ0) is 25.0. The highest BCUT2D eigenvalue weighted by Gasteiger charge is 2.62. The van der Waals surface area contributed by atoms with Gasteiger partial charge in [-0.05, 0) is 55.0 Å². The Bertz CT molecular complexity index is 1320. The molecule has 0 bridgehead atoms. The number of pyridine rings is 1. The van der Waals surface area contributed by atoms with Gasteiger partial charge < -0.3 is 20.5 Å². The molecule has 182 valence electrons. The summed E-state index contributed by atoms with van der Waals surface area (Å²) in [5.74, 6) is -3.08. The third-order valence-electron chi connectivity index (χ3n) is 6.62. The number of H-pyrrole nitrogens is 1. The van der Waals surface area contributed by atoms with Crippen LogP contribution < -0.4 is 10.9 Å². The summed E-state index contributed by atoms with van der Waals surface area (Å²) in [6, 6.07) is 3.31. The number of rotatable bonds is 4. The first-order valence-corrected chi connectivity index (χ1v) is 10.8. The number of halogens is 5. The van der Waals surface area contributed by atoms with Crippen molar-refractivity contribution in [2.75, 3.05) is 5.32 Å². The summed E-state index contributed by atoms with van der Waals surface area (Å²) in [6.45, 7) is 3.22. The van der Waals surface area contributed by atoms with Crippen LogP contribution in [0, 0.1) is 11.6 Å². The van der Waals surface area contributed by atoms with Crippen LogP contribution in [-0.2, 0) is 6.42 Å². The number of hydrogen-bond donors (Lipinski definition) is 4. The van der Waals surface area contributed by atoms with Crippen molar-refractivity contribution in [2.24, 2.45) is 0 Å². The minimum Gasteiger partial charge on any atom is -0.507 e. The Morgan fingerprint density at radius 1 is 1.18 bits per heavy atom. The molecular formula is C24H23F5N2O3. The molecule has 3 atom stereocenters. The lowest BCUT2D eigenvalue weighted by Gasteiger charge is -2.46. The fourth-order valence-corrected chi connectivity index (χ4v) is 4.91. The van der Waals surface area contributed by atoms with Crippen molar-refractivity contribution in [2.45, 2.75) is 56.8 Å². The number of aliphatic hydroxyl groups is 1. The molecule has 1 aromatic heterocycles. The quantitative estimate of drug-likeness (QED) is 0.374. The number of anilines is 1. The number of aromatic nitrogens is 1. The second kappa shape index (κ2) is 8.26. The molecule has 0 fully saturated rings. The van der Waals surface area contributed by atoms with Gasteiger partial charge in [-0.3, -0.25) is 4.79 Å². The molecule has 2 unspecified atom stereocenters. The highest BCUT2D eigenvalue weighted by molar-refractivity contribution is 5.91. The van der Waals surface area contributed by atoms with E-state index in [1.807, 2.05) is 0 Å². The van der Waals surface area contributed by atoms with Gasteiger partial charge >= 0.3 is 6.18 Å². The van der Waals surface area contributed by atoms with Crippen LogP contribution in [0.4, 0.5) is 27.6 Å². The van der Waals surface area contributed by atoms with E-state index in [0.717, 1.165) is 24.3 Å². The second-order valence-corrected chi connectivity index (χ2v) is 8.59. The number of hydrogen-bond acceptors (Lipinski definition) is 4. The smallest absolute Gasteiger partial charge is 0.419 e. The predicted molar refractivity (Wildman–Crippen MR) is 117 cm³/mol. The summed E-state index contributed by atoms with van der Waals surface area (Å²) >= 11 is 0. The molecule has 34 heavy (non-hydrogen) atoms. The normalized spacial score (nSPS) is 22.6. The van der Waals surface area contributed by atoms with E-state index >= 15 is 0 Å². The Hall–Kier alpha value is -3.14. The van der Waals surface area contributed by atoms with Crippen molar-refractivity contribution in [3.8, 4) is 5.75 Å². The minimum absolute atomic E-state index is 0.0258. The molecule has 4 rings (SSSR count). The number of phenols is 1. The largest absolute Gasteiger partial charge is 0.507 e. The number of nitrogens with one attached hydrogen (secondary N) is 2. The highest BCUT2D eigenvalue weighted by Crippen LogP contribution is 2.56. The van der Waals surface area contributed by atoms with Gasteiger partial charge in [0.2, 0.25) is 5.56 Å². The molecule has 5 nitrogen and oxygen atoms in total. The van der Waals surface area contributed by atoms with Crippen LogP contribution in [0.25, 0.3) is 10.9 Å². The second-order valence-electron chi connectivity index (χ2n) is 8.59. The molecule has 0 radical (unpaired) electrons. The lowest BCUT2D eigenvalue weighted by atomic mass is 9.68. The van der Waals surface area contributed by atoms with Gasteiger partial charge in [-0.2, -0.15) is 13.2 Å². The summed E-state index contributed by atoms with van der Waals surface area (Å²) in [5.41, 5.74) is -4.16. The summed E-state index contributed by atoms with van der Waals surface area (Å²) < 4.78 is 72.1. The van der Waals surface area contributed by atoms with Crippen molar-refractivity contribution < 1.29 is 32.2 Å². The zero-order valence-corrected chi connectivity index (χ0v) is 18.4. The van der Waals surface area contributed by atoms with Gasteiger partial charge in [-0.25, -0.2) is 8.78 Å². The predicted octanol–water partition coefficient (Wildman–Crippen LogP) is 5.42. The summed E-state index contributed by atoms with van der Waals surface area (Å²) in [6.07, 6.45) is -5.65. The van der Waals surface area contributed by atoms with Gasteiger partial charge in [0.1, 0.15) is 17.4 Å². The molecular weight excluding hydrogens is 459 g/mol. The first kappa shape index (κ1) is 24.0. The maximum Gasteiger partial charge on any atom is 0.419 e. The number of aromatic amines is 1. The van der Waals surface area contributed by atoms with Gasteiger partial charge in [0.05, 0.1) is 11.6 Å². The monoisotopic (exact) mass is 482 g/mol. The molecule has 3 aromatic rings. The van der Waals surface area contributed by atoms with Crippen LogP contribution in [0.2, 0.25) is 0 Å². The lowest BCUT2D eigenvalue weighted by Crippen LogP contribution is -2.55. The zero-order valence-electron chi connectivity index (χ0n) is 18.4. The molecule has 1 heterocycles. The number of benzene rings is 2. The molecule has 0 saturated carbocycles. The van der Waals surface area contributed by atoms with E-state index in [4.69, 9.17) is 0 Å². The van der Waals surface area contributed by atoms with E-state index in [1.165, 1.54) is 6.07 Å². The van der Waals surface area contributed by atoms with Crippen molar-refractivity contribution in [1.29, 1.82) is 0 Å². The minimum atomic E-state index is -5.14. The molecule has 4 N–H and O–H groups in total. The number of phenolic OH excluding ortho intramolecular Hbond substituents is 1. The van der Waals surface area contributed by atoms with Crippen molar-refractivity contribution >= 4 is 16.6 Å². The van der Waals surface area contributed by atoms with Crippen LogP contribution in [0.15, 0.2) is 35.1 Å². The Labute approximate surface area is 191 Å². The average Bonchev–Trinajstić information content (AvgIpc) is 2.74. The van der Waals surface area contributed by atoms with E-state index in [1.54, 1.807) is 13.8 Å². The first-order chi connectivity index (χ1) is 15.9. The maximum atomic E-state index is 14.8. The molecule has 1 aliphatic rings. The highest BCUT2D eigenvalue weighted by atomic mass is 19.4. The van der Waals surface area contributed by atoms with E-state index in [9.17, 15) is 37.0 Å². The SMILES string of the molecule is CCc1c(F)cc2c(c1O)C(CC)C[C@](O)(C(F)(F)F)C2Nc1cc(F)cc2[nH]c(=O)ccc12. The van der Waals surface area contributed by atoms with Gasteiger partial charge in [-0.1, -0.05) is 13.8 Å². The first-order valence-electron chi connectivity index (χ1n) is 10.8. The lowest BCUT2D eigenvalue weighted by molar-refractivity contribution is -0.272. The average molecular weight is 482 g/mol. The maximum absolute atomic E-state index is 14.8. The molecule has 1 aliphatic carbocycles. The third-order valence-corrected chi connectivity index (χ3v) is 6.62. The van der Waals surface area contributed by atoms with Crippen molar-refractivity contribution in [1.82, 2.24) is 4.98 Å². The van der Waals surface area contributed by atoms with E-state index < -0.39 is 53.1 Å². The van der Waals surface area contributed by atoms with Crippen LogP contribution in [0.3, 0.4) is 0 Å². The van der Waals surface area contributed by atoms with Gasteiger partial charge in [0.15, 0.2) is 5.60 Å². The van der Waals surface area contributed by atoms with Gasteiger partial charge in [-0.15, -0.1) is 0 Å². The van der Waals surface area contributed by atoms with Crippen LogP contribution in [0.5, 0.6) is 5.75 Å². The van der Waals surface area contributed by atoms with Gasteiger partial charge in [0, 0.05) is 28.3 Å². The van der Waals surface area contributed by atoms with Crippen LogP contribution >= 0.6 is 0 Å². The van der Waals surface area contributed by atoms with Crippen molar-refractivity contribution in [3.05, 3.63) is 69.0 Å². The topological polar surface area (TPSA) is 85.3 Å². The summed E-state index contributed by atoms with van der Waals surface area (Å²) in [7, 11) is 0. The fraction of sp³-hybridized carbons (Fsp3) is 0.375. The molecule has 0 amide bonds. The molecule has 0 aliphatic heterocycles. The molecule has 10 heteroatoms. The number of alkyl halides is 3. The van der Waals surface area contributed by atoms with Crippen LogP contribution in [0.1, 0.15) is 55.3 Å². The van der Waals surface area contributed by atoms with Crippen LogP contribution in [-0.4, -0.2) is 27.0 Å². The van der Waals surface area contributed by atoms with E-state index in [2.05, 4.69) is 10.3 Å². The van der Waals surface area contributed by atoms with E-state index in [-0.39, 0.29) is 46.1 Å². The Morgan fingerprint density at radius 2 is 1.88 bits per heavy atom. The standard InChI is InChI=1S/C24H23F5N2O3/c1-3-11-10-23(34,24(27,28)29)22(15-9-16(26)13(4-2)21(33)20(11)15)31-18-8-12(25)7-17-14(18)5-6-19(32)30-17/h5-9,11,22,31,33-34H,3-4,10H2,1-2H3,(H,30,32)/t11?,22?,23-/m1/s1. The summed E-state index contributed by atoms with van der Waals surface area (Å²) in [5, 5.41) is 24.6. The molecule has 2 aromatic carbocycles. The Balaban J connectivity index is 2.00. The Morgan fingerprint density at radius 3 is 2.50 bits per heavy atom. The Kier molecular flexibility index (Phi) is 5.83. The fourth-order valence-electron chi connectivity index (χ4n) is 4.91. The molecule has 0 spiro atoms. The van der Waals surface area contributed by atoms with Crippen molar-refractivity contribution in [3.63, 3.8) is 0 Å². The number of aromatic hydroxyl groups is 1. The van der Waals surface area contributed by atoms with E-state index in [0.29, 0.717) is 0 Å². The summed E-state index contributed by atoms with van der Waals surface area (Å²) in [4.78, 5) is 14.0.